The summed E-state index contributed by atoms with van der Waals surface area (Å²) in [5.74, 6) is -4.41. The van der Waals surface area contributed by atoms with Gasteiger partial charge in [-0.05, 0) is 36.4 Å². The molecule has 0 aliphatic heterocycles. The summed E-state index contributed by atoms with van der Waals surface area (Å²) in [6, 6.07) is 12.0. The van der Waals surface area contributed by atoms with Gasteiger partial charge in [-0.2, -0.15) is 31.4 Å². The van der Waals surface area contributed by atoms with Crippen molar-refractivity contribution >= 4 is 17.5 Å². The fourth-order valence-corrected chi connectivity index (χ4v) is 2.91. The fourth-order valence-electron chi connectivity index (χ4n) is 2.91. The van der Waals surface area contributed by atoms with E-state index in [2.05, 4.69) is 9.52 Å². The number of alkyl halides is 6. The zero-order valence-corrected chi connectivity index (χ0v) is 18.2. The molecule has 4 aromatic rings. The number of benzene rings is 1. The Bertz CT molecular complexity index is 1390. The summed E-state index contributed by atoms with van der Waals surface area (Å²) in [5, 5.41) is 12.7. The highest BCUT2D eigenvalue weighted by Gasteiger charge is 2.39. The van der Waals surface area contributed by atoms with Gasteiger partial charge in [-0.1, -0.05) is 12.1 Å². The van der Waals surface area contributed by atoms with Crippen LogP contribution >= 0.6 is 0 Å². The fraction of sp³-hybridized carbons (Fsp3) is 0.130. The van der Waals surface area contributed by atoms with E-state index in [-0.39, 0.29) is 28.5 Å². The van der Waals surface area contributed by atoms with Crippen LogP contribution in [0, 0.1) is 0 Å². The Morgan fingerprint density at radius 3 is 2.08 bits per heavy atom. The second-order valence-electron chi connectivity index (χ2n) is 7.12. The largest absolute Gasteiger partial charge is 0.478 e. The van der Waals surface area contributed by atoms with Crippen LogP contribution in [0.15, 0.2) is 76.0 Å². The van der Waals surface area contributed by atoms with Crippen molar-refractivity contribution in [2.24, 2.45) is 0 Å². The van der Waals surface area contributed by atoms with Crippen molar-refractivity contribution < 1.29 is 54.7 Å². The second-order valence-corrected chi connectivity index (χ2v) is 7.12. The number of hydrogen-bond acceptors (Lipinski definition) is 6. The molecule has 0 unspecified atom stereocenters. The first kappa shape index (κ1) is 27.0. The van der Waals surface area contributed by atoms with Crippen molar-refractivity contribution in [1.29, 1.82) is 0 Å². The molecule has 37 heavy (non-hydrogen) atoms. The molecule has 0 saturated carbocycles. The summed E-state index contributed by atoms with van der Waals surface area (Å²) < 4.78 is 84.7. The lowest BCUT2D eigenvalue weighted by molar-refractivity contribution is -0.170. The molecular formula is C23H14F6N2O6. The summed E-state index contributed by atoms with van der Waals surface area (Å²) in [4.78, 5) is 32.6. The van der Waals surface area contributed by atoms with Gasteiger partial charge in [-0.15, -0.1) is 0 Å². The predicted octanol–water partition coefficient (Wildman–Crippen LogP) is 5.83. The highest BCUT2D eigenvalue weighted by Crippen LogP contribution is 2.34. The smallest absolute Gasteiger partial charge is 0.450 e. The number of hydrogen-bond donors (Lipinski definition) is 1. The Hall–Kier alpha value is -4.62. The Balaban J connectivity index is 0.000000233. The van der Waals surface area contributed by atoms with Crippen LogP contribution in [0.25, 0.3) is 17.1 Å². The zero-order chi connectivity index (χ0) is 27.4. The predicted molar refractivity (Wildman–Crippen MR) is 112 cm³/mol. The van der Waals surface area contributed by atoms with Gasteiger partial charge < -0.3 is 13.9 Å². The number of rotatable bonds is 6. The summed E-state index contributed by atoms with van der Waals surface area (Å²) >= 11 is 0. The van der Waals surface area contributed by atoms with Crippen LogP contribution in [-0.4, -0.2) is 38.6 Å². The molecule has 0 saturated heterocycles. The van der Waals surface area contributed by atoms with Crippen molar-refractivity contribution in [2.75, 3.05) is 0 Å². The number of carboxylic acids is 1. The zero-order valence-electron chi connectivity index (χ0n) is 18.2. The molecule has 0 atom stereocenters. The third-order valence-corrected chi connectivity index (χ3v) is 4.57. The van der Waals surface area contributed by atoms with Gasteiger partial charge in [0.25, 0.3) is 0 Å². The van der Waals surface area contributed by atoms with Crippen molar-refractivity contribution in [1.82, 2.24) is 9.78 Å². The first-order valence-electron chi connectivity index (χ1n) is 9.99. The molecule has 14 heteroatoms. The van der Waals surface area contributed by atoms with Gasteiger partial charge in [-0.3, -0.25) is 9.59 Å². The molecule has 0 bridgehead atoms. The highest BCUT2D eigenvalue weighted by atomic mass is 19.4. The molecule has 0 aliphatic carbocycles. The maximum Gasteiger partial charge on any atom is 0.450 e. The molecule has 0 amide bonds. The van der Waals surface area contributed by atoms with Gasteiger partial charge in [-0.25, -0.2) is 9.48 Å². The van der Waals surface area contributed by atoms with Gasteiger partial charge >= 0.3 is 18.3 Å². The standard InChI is InChI=1S/C15H9F3N2O3.C8H5F3O3/c16-15(17,18)13-8-11(12-6-3-7-23-12)20(19-13)10-5-2-1-4-9(10)14(21)22;9-8(10,11)7(13)4-5(12)6-2-1-3-14-6/h1-8H,(H,21,22);1-3H,4H2. The summed E-state index contributed by atoms with van der Waals surface area (Å²) in [7, 11) is 0. The number of nitrogens with zero attached hydrogens (tertiary/aromatic N) is 2. The van der Waals surface area contributed by atoms with E-state index in [4.69, 9.17) is 4.42 Å². The molecule has 0 spiro atoms. The molecule has 1 N–H and O–H groups in total. The number of aromatic nitrogens is 2. The number of ketones is 2. The van der Waals surface area contributed by atoms with Crippen molar-refractivity contribution in [3.63, 3.8) is 0 Å². The molecule has 8 nitrogen and oxygen atoms in total. The lowest BCUT2D eigenvalue weighted by Gasteiger charge is -2.09. The number of carbonyl (C=O) groups is 3. The van der Waals surface area contributed by atoms with Crippen molar-refractivity contribution in [2.45, 2.75) is 18.8 Å². The molecule has 194 valence electrons. The Kier molecular flexibility index (Phi) is 7.70. The van der Waals surface area contributed by atoms with Gasteiger partial charge in [0.15, 0.2) is 17.2 Å². The topological polar surface area (TPSA) is 116 Å². The van der Waals surface area contributed by atoms with Crippen molar-refractivity contribution in [3.05, 3.63) is 84.1 Å². The minimum Gasteiger partial charge on any atom is -0.478 e. The van der Waals surface area contributed by atoms with E-state index in [1.165, 1.54) is 54.8 Å². The van der Waals surface area contributed by atoms with Crippen LogP contribution in [0.5, 0.6) is 0 Å². The summed E-state index contributed by atoms with van der Waals surface area (Å²) in [6.07, 6.45) is -8.39. The Morgan fingerprint density at radius 1 is 0.892 bits per heavy atom. The molecule has 3 aromatic heterocycles. The maximum absolute atomic E-state index is 13.0. The van der Waals surface area contributed by atoms with E-state index in [1.807, 2.05) is 0 Å². The van der Waals surface area contributed by atoms with E-state index in [0.717, 1.165) is 17.0 Å². The first-order valence-corrected chi connectivity index (χ1v) is 9.99. The van der Waals surface area contributed by atoms with Crippen LogP contribution in [-0.2, 0) is 11.0 Å². The lowest BCUT2D eigenvalue weighted by atomic mass is 10.1. The molecule has 1 aromatic carbocycles. The van der Waals surface area contributed by atoms with Crippen LogP contribution in [0.4, 0.5) is 26.3 Å². The Morgan fingerprint density at radius 2 is 1.54 bits per heavy atom. The number of carbonyl (C=O) groups excluding carboxylic acids is 2. The number of carboxylic acid groups (broad SMARTS) is 1. The number of aromatic carboxylic acids is 1. The highest BCUT2D eigenvalue weighted by molar-refractivity contribution is 6.08. The van der Waals surface area contributed by atoms with Crippen LogP contribution < -0.4 is 0 Å². The van der Waals surface area contributed by atoms with Crippen molar-refractivity contribution in [3.8, 4) is 17.1 Å². The van der Waals surface area contributed by atoms with E-state index >= 15 is 0 Å². The van der Waals surface area contributed by atoms with E-state index in [1.54, 1.807) is 0 Å². The number of furan rings is 2. The Labute approximate surface area is 202 Å². The van der Waals surface area contributed by atoms with E-state index < -0.39 is 42.0 Å². The van der Waals surface area contributed by atoms with Crippen LogP contribution in [0.3, 0.4) is 0 Å². The van der Waals surface area contributed by atoms with Gasteiger partial charge in [0.1, 0.15) is 5.69 Å². The number of para-hydroxylation sites is 1. The molecule has 4 rings (SSSR count). The lowest BCUT2D eigenvalue weighted by Crippen LogP contribution is -2.25. The number of Topliss-reactive ketones (excluding diaryl/α,β-unsaturated/α-hetero) is 2. The minimum absolute atomic E-state index is 0.0102. The quantitative estimate of drug-likeness (QED) is 0.190. The van der Waals surface area contributed by atoms with E-state index in [9.17, 15) is 45.8 Å². The van der Waals surface area contributed by atoms with Gasteiger partial charge in [0, 0.05) is 6.07 Å². The number of halogens is 6. The molecule has 3 heterocycles. The molecule has 0 fully saturated rings. The molecule has 0 aliphatic rings. The van der Waals surface area contributed by atoms with Gasteiger partial charge in [0.2, 0.25) is 11.6 Å². The average molecular weight is 528 g/mol. The normalized spacial score (nSPS) is 11.5. The monoisotopic (exact) mass is 528 g/mol. The first-order chi connectivity index (χ1) is 17.3. The second kappa shape index (κ2) is 10.6. The summed E-state index contributed by atoms with van der Waals surface area (Å²) in [6.45, 7) is 0. The third-order valence-electron chi connectivity index (χ3n) is 4.57. The van der Waals surface area contributed by atoms with E-state index in [0.29, 0.717) is 0 Å². The maximum atomic E-state index is 13.0. The van der Waals surface area contributed by atoms with Gasteiger partial charge in [0.05, 0.1) is 30.2 Å². The molecular weight excluding hydrogens is 514 g/mol. The van der Waals surface area contributed by atoms with Crippen LogP contribution in [0.1, 0.15) is 33.0 Å². The minimum atomic E-state index is -4.97. The third kappa shape index (κ3) is 6.54. The SMILES string of the molecule is O=C(CC(=O)C(F)(F)F)c1ccco1.O=C(O)c1ccccc1-n1nc(C(F)(F)F)cc1-c1ccco1. The summed E-state index contributed by atoms with van der Waals surface area (Å²) in [5.41, 5.74) is -1.28. The average Bonchev–Trinajstić information content (AvgIpc) is 3.59. The molecule has 0 radical (unpaired) electrons. The van der Waals surface area contributed by atoms with Crippen LogP contribution in [0.2, 0.25) is 0 Å².